The molecule has 0 aromatic heterocycles. The van der Waals surface area contributed by atoms with Gasteiger partial charge >= 0.3 is 18.9 Å². The summed E-state index contributed by atoms with van der Waals surface area (Å²) in [6.07, 6.45) is 0. The summed E-state index contributed by atoms with van der Waals surface area (Å²) >= 11 is 0. The van der Waals surface area contributed by atoms with Crippen LogP contribution in [0.25, 0.3) is 0 Å². The second-order valence-corrected chi connectivity index (χ2v) is 2.31. The second-order valence-electron chi connectivity index (χ2n) is 2.31. The van der Waals surface area contributed by atoms with Crippen LogP contribution >= 0.6 is 0 Å². The van der Waals surface area contributed by atoms with Crippen molar-refractivity contribution in [3.63, 3.8) is 0 Å². The number of rotatable bonds is 0. The second kappa shape index (κ2) is 3.70. The average molecular weight is 129 g/mol. The van der Waals surface area contributed by atoms with Gasteiger partial charge in [0.1, 0.15) is 0 Å². The molecule has 2 N–H and O–H groups in total. The maximum atomic E-state index is 5.68. The molecule has 0 radical (unpaired) electrons. The first kappa shape index (κ1) is 9.62. The summed E-state index contributed by atoms with van der Waals surface area (Å²) < 4.78 is 0. The van der Waals surface area contributed by atoms with E-state index in [1.165, 1.54) is 0 Å². The fraction of sp³-hybridized carbons (Fsp3) is 0.250. The minimum Gasteiger partial charge on any atom is -1.00 e. The molecule has 0 spiro atoms. The summed E-state index contributed by atoms with van der Waals surface area (Å²) in [6.45, 7) is 4.03. The molecule has 0 fully saturated rings. The summed E-state index contributed by atoms with van der Waals surface area (Å²) in [5.74, 6) is 0. The van der Waals surface area contributed by atoms with E-state index in [0.717, 1.165) is 16.8 Å². The van der Waals surface area contributed by atoms with Crippen molar-refractivity contribution in [2.75, 3.05) is 5.73 Å². The maximum absolute atomic E-state index is 5.68. The Kier molecular flexibility index (Phi) is 3.56. The van der Waals surface area contributed by atoms with Crippen LogP contribution in [0.5, 0.6) is 0 Å². The molecule has 1 aromatic rings. The molecule has 0 aliphatic heterocycles. The first-order chi connectivity index (χ1) is 4.22. The number of anilines is 1. The Hall–Kier alpha value is -0.383. The summed E-state index contributed by atoms with van der Waals surface area (Å²) in [7, 11) is 0. The van der Waals surface area contributed by atoms with E-state index in [1.54, 1.807) is 0 Å². The van der Waals surface area contributed by atoms with Crippen molar-refractivity contribution in [1.29, 1.82) is 0 Å². The molecule has 0 saturated carbocycles. The van der Waals surface area contributed by atoms with Gasteiger partial charge in [-0.2, -0.15) is 0 Å². The summed E-state index contributed by atoms with van der Waals surface area (Å²) in [4.78, 5) is 0. The van der Waals surface area contributed by atoms with Gasteiger partial charge in [0.15, 0.2) is 0 Å². The van der Waals surface area contributed by atoms with Gasteiger partial charge in [0, 0.05) is 5.69 Å². The standard InChI is InChI=1S/C8H11N.Li.H/c1-6-4-3-5-7(2)8(6)9;;/h3-5H,9H2,1-2H3;;/q;+1;-1. The van der Waals surface area contributed by atoms with Crippen LogP contribution in [0.15, 0.2) is 18.2 Å². The fourth-order valence-corrected chi connectivity index (χ4v) is 0.827. The SMILES string of the molecule is Cc1cccc(C)c1N.[H-].[Li+]. The number of nitrogens with two attached hydrogens (primary N) is 1. The number of benzene rings is 1. The zero-order valence-corrected chi connectivity index (χ0v) is 6.81. The third-order valence-electron chi connectivity index (χ3n) is 1.54. The summed E-state index contributed by atoms with van der Waals surface area (Å²) in [6, 6.07) is 6.05. The monoisotopic (exact) mass is 129 g/mol. The number of aryl methyl sites for hydroxylation is 2. The Morgan fingerprint density at radius 2 is 1.60 bits per heavy atom. The van der Waals surface area contributed by atoms with E-state index >= 15 is 0 Å². The van der Waals surface area contributed by atoms with Gasteiger partial charge in [-0.1, -0.05) is 18.2 Å². The molecule has 1 rings (SSSR count). The van der Waals surface area contributed by atoms with Crippen LogP contribution in [0.3, 0.4) is 0 Å². The quantitative estimate of drug-likeness (QED) is 0.353. The molecule has 0 amide bonds. The molecule has 0 unspecified atom stereocenters. The van der Waals surface area contributed by atoms with Gasteiger partial charge in [0.2, 0.25) is 0 Å². The Morgan fingerprint density at radius 3 is 1.90 bits per heavy atom. The van der Waals surface area contributed by atoms with Crippen molar-refractivity contribution < 1.29 is 20.3 Å². The minimum absolute atomic E-state index is 0. The van der Waals surface area contributed by atoms with Gasteiger partial charge in [-0.15, -0.1) is 0 Å². The molecule has 0 saturated heterocycles. The van der Waals surface area contributed by atoms with E-state index in [4.69, 9.17) is 5.73 Å². The van der Waals surface area contributed by atoms with Gasteiger partial charge in [-0.3, -0.25) is 0 Å². The van der Waals surface area contributed by atoms with E-state index < -0.39 is 0 Å². The van der Waals surface area contributed by atoms with Crippen LogP contribution in [0.2, 0.25) is 0 Å². The third-order valence-corrected chi connectivity index (χ3v) is 1.54. The number of para-hydroxylation sites is 1. The topological polar surface area (TPSA) is 26.0 Å². The van der Waals surface area contributed by atoms with Gasteiger partial charge < -0.3 is 7.16 Å². The molecule has 50 valence electrons. The predicted molar refractivity (Wildman–Crippen MR) is 41.4 cm³/mol. The maximum Gasteiger partial charge on any atom is 1.00 e. The smallest absolute Gasteiger partial charge is 1.00 e. The van der Waals surface area contributed by atoms with Crippen LogP contribution in [-0.4, -0.2) is 0 Å². The van der Waals surface area contributed by atoms with Crippen molar-refractivity contribution in [2.24, 2.45) is 0 Å². The van der Waals surface area contributed by atoms with Crippen LogP contribution in [-0.2, 0) is 0 Å². The number of nitrogen functional groups attached to an aromatic ring is 1. The molecule has 1 nitrogen and oxygen atoms in total. The number of hydrogen-bond acceptors (Lipinski definition) is 1. The van der Waals surface area contributed by atoms with E-state index in [2.05, 4.69) is 0 Å². The first-order valence-electron chi connectivity index (χ1n) is 3.03. The first-order valence-corrected chi connectivity index (χ1v) is 3.03. The molecular formula is C8H12LiN. The predicted octanol–water partition coefficient (Wildman–Crippen LogP) is -0.998. The van der Waals surface area contributed by atoms with Crippen molar-refractivity contribution in [2.45, 2.75) is 13.8 Å². The summed E-state index contributed by atoms with van der Waals surface area (Å²) in [5.41, 5.74) is 8.92. The zero-order valence-electron chi connectivity index (χ0n) is 7.81. The molecular weight excluding hydrogens is 117 g/mol. The zero-order chi connectivity index (χ0) is 6.85. The van der Waals surface area contributed by atoms with Crippen molar-refractivity contribution in [3.8, 4) is 0 Å². The Labute approximate surface area is 75.3 Å². The molecule has 10 heavy (non-hydrogen) atoms. The van der Waals surface area contributed by atoms with Crippen LogP contribution < -0.4 is 24.6 Å². The van der Waals surface area contributed by atoms with Crippen LogP contribution in [0.1, 0.15) is 12.6 Å². The average Bonchev–Trinajstić information content (AvgIpc) is 1.83. The molecule has 0 heterocycles. The van der Waals surface area contributed by atoms with Crippen molar-refractivity contribution >= 4 is 5.69 Å². The minimum atomic E-state index is 0. The summed E-state index contributed by atoms with van der Waals surface area (Å²) in [5, 5.41) is 0. The van der Waals surface area contributed by atoms with Gasteiger partial charge in [-0.05, 0) is 25.0 Å². The largest absolute Gasteiger partial charge is 1.00 e. The van der Waals surface area contributed by atoms with E-state index in [9.17, 15) is 0 Å². The fourth-order valence-electron chi connectivity index (χ4n) is 0.827. The van der Waals surface area contributed by atoms with E-state index in [0.29, 0.717) is 0 Å². The van der Waals surface area contributed by atoms with Gasteiger partial charge in [-0.25, -0.2) is 0 Å². The molecule has 0 atom stereocenters. The Balaban J connectivity index is 0. The van der Waals surface area contributed by atoms with Crippen molar-refractivity contribution in [1.82, 2.24) is 0 Å². The molecule has 0 bridgehead atoms. The normalized spacial score (nSPS) is 8.60. The van der Waals surface area contributed by atoms with Crippen LogP contribution in [0, 0.1) is 13.8 Å². The van der Waals surface area contributed by atoms with E-state index in [-0.39, 0.29) is 20.3 Å². The van der Waals surface area contributed by atoms with Crippen molar-refractivity contribution in [3.05, 3.63) is 29.3 Å². The molecule has 0 aliphatic rings. The molecule has 1 aromatic carbocycles. The Bertz CT molecular complexity index is 205. The van der Waals surface area contributed by atoms with Gasteiger partial charge in [0.25, 0.3) is 0 Å². The van der Waals surface area contributed by atoms with Gasteiger partial charge in [0.05, 0.1) is 0 Å². The Morgan fingerprint density at radius 1 is 1.20 bits per heavy atom. The van der Waals surface area contributed by atoms with E-state index in [1.807, 2.05) is 32.0 Å². The number of hydrogen-bond donors (Lipinski definition) is 1. The molecule has 0 aliphatic carbocycles. The molecule has 2 heteroatoms. The third kappa shape index (κ3) is 1.80. The van der Waals surface area contributed by atoms with Crippen LogP contribution in [0.4, 0.5) is 5.69 Å².